The maximum Gasteiger partial charge on any atom is 0.231 e. The minimum Gasteiger partial charge on any atom is -0.489 e. The number of amides is 1. The van der Waals surface area contributed by atoms with Gasteiger partial charge in [0.05, 0.1) is 11.3 Å². The van der Waals surface area contributed by atoms with Crippen LogP contribution in [0.1, 0.15) is 12.0 Å². The number of aromatic nitrogens is 4. The minimum atomic E-state index is -0.277. The van der Waals surface area contributed by atoms with Gasteiger partial charge in [0.15, 0.2) is 0 Å². The Labute approximate surface area is 201 Å². The summed E-state index contributed by atoms with van der Waals surface area (Å²) in [7, 11) is 0. The second-order valence-corrected chi connectivity index (χ2v) is 8.98. The van der Waals surface area contributed by atoms with E-state index in [1.54, 1.807) is 12.4 Å². The molecule has 1 amide bonds. The molecule has 0 spiro atoms. The molecule has 2 aliphatic carbocycles. The summed E-state index contributed by atoms with van der Waals surface area (Å²) in [6.45, 7) is 0.448. The van der Waals surface area contributed by atoms with Gasteiger partial charge < -0.3 is 26.1 Å². The first-order valence-corrected chi connectivity index (χ1v) is 11.6. The van der Waals surface area contributed by atoms with Crippen LogP contribution >= 0.6 is 0 Å². The number of hydrogen-bond acceptors (Lipinski definition) is 7. The van der Waals surface area contributed by atoms with Crippen molar-refractivity contribution in [2.45, 2.75) is 19.1 Å². The summed E-state index contributed by atoms with van der Waals surface area (Å²) >= 11 is 0. The molecule has 176 valence electrons. The first-order valence-electron chi connectivity index (χ1n) is 11.6. The number of hydrogen-bond donors (Lipinski definition) is 4. The number of aromatic amines is 1. The Morgan fingerprint density at radius 3 is 2.83 bits per heavy atom. The number of fused-ring (bicyclic) bond motifs is 3. The molecule has 3 heterocycles. The Morgan fingerprint density at radius 2 is 1.97 bits per heavy atom. The summed E-state index contributed by atoms with van der Waals surface area (Å²) in [5.74, 6) is 1.74. The molecular formula is C26H25N7O2. The summed E-state index contributed by atoms with van der Waals surface area (Å²) in [6.07, 6.45) is 10.5. The van der Waals surface area contributed by atoms with Crippen LogP contribution < -0.4 is 21.1 Å². The third kappa shape index (κ3) is 4.16. The molecule has 9 heteroatoms. The third-order valence-corrected chi connectivity index (χ3v) is 6.75. The van der Waals surface area contributed by atoms with E-state index >= 15 is 0 Å². The van der Waals surface area contributed by atoms with Gasteiger partial charge in [-0.2, -0.15) is 9.97 Å². The Balaban J connectivity index is 1.23. The molecule has 1 fully saturated rings. The average Bonchev–Trinajstić information content (AvgIpc) is 3.60. The van der Waals surface area contributed by atoms with Gasteiger partial charge >= 0.3 is 0 Å². The first-order chi connectivity index (χ1) is 17.1. The molecule has 2 aliphatic rings. The second kappa shape index (κ2) is 8.75. The number of ether oxygens (including phenoxy) is 1. The molecule has 0 aliphatic heterocycles. The number of primary amides is 1. The Hall–Kier alpha value is -4.40. The Morgan fingerprint density at radius 1 is 1.11 bits per heavy atom. The number of rotatable bonds is 8. The lowest BCUT2D eigenvalue weighted by molar-refractivity contribution is -0.122. The molecule has 3 aromatic heterocycles. The van der Waals surface area contributed by atoms with Crippen LogP contribution in [0.15, 0.2) is 73.2 Å². The molecule has 4 unspecified atom stereocenters. The lowest BCUT2D eigenvalue weighted by Crippen LogP contribution is -2.41. The number of allylic oxidation sites excluding steroid dienone is 1. The van der Waals surface area contributed by atoms with Crippen molar-refractivity contribution < 1.29 is 9.53 Å². The van der Waals surface area contributed by atoms with Crippen LogP contribution in [0.25, 0.3) is 11.0 Å². The number of carbonyl (C=O) groups is 1. The number of nitrogens with zero attached hydrogens (tertiary/aromatic N) is 3. The van der Waals surface area contributed by atoms with E-state index < -0.39 is 0 Å². The molecule has 1 aromatic carbocycles. The lowest BCUT2D eigenvalue weighted by Gasteiger charge is -2.27. The highest BCUT2D eigenvalue weighted by atomic mass is 16.5. The minimum absolute atomic E-state index is 0.0896. The zero-order chi connectivity index (χ0) is 23.8. The average molecular weight is 468 g/mol. The maximum atomic E-state index is 12.2. The van der Waals surface area contributed by atoms with Gasteiger partial charge in [0.25, 0.3) is 0 Å². The van der Waals surface area contributed by atoms with E-state index in [1.165, 1.54) is 0 Å². The molecule has 0 radical (unpaired) electrons. The molecule has 9 nitrogen and oxygen atoms in total. The zero-order valence-corrected chi connectivity index (χ0v) is 18.9. The highest BCUT2D eigenvalue weighted by Gasteiger charge is 2.47. The fourth-order valence-corrected chi connectivity index (χ4v) is 5.11. The van der Waals surface area contributed by atoms with E-state index in [9.17, 15) is 4.79 Å². The van der Waals surface area contributed by atoms with E-state index in [-0.39, 0.29) is 29.7 Å². The van der Waals surface area contributed by atoms with Gasteiger partial charge in [-0.15, -0.1) is 0 Å². The summed E-state index contributed by atoms with van der Waals surface area (Å²) < 4.78 is 5.93. The van der Waals surface area contributed by atoms with Gasteiger partial charge in [-0.3, -0.25) is 9.78 Å². The van der Waals surface area contributed by atoms with Crippen molar-refractivity contribution in [1.29, 1.82) is 0 Å². The summed E-state index contributed by atoms with van der Waals surface area (Å²) in [4.78, 5) is 28.7. The second-order valence-electron chi connectivity index (χ2n) is 8.98. The third-order valence-electron chi connectivity index (χ3n) is 6.75. The monoisotopic (exact) mass is 467 g/mol. The van der Waals surface area contributed by atoms with Gasteiger partial charge in [0, 0.05) is 36.4 Å². The molecular weight excluding hydrogens is 442 g/mol. The Kier molecular flexibility index (Phi) is 5.29. The van der Waals surface area contributed by atoms with Gasteiger partial charge in [-0.05, 0) is 54.2 Å². The number of pyridine rings is 1. The molecule has 35 heavy (non-hydrogen) atoms. The summed E-state index contributed by atoms with van der Waals surface area (Å²) in [5, 5.41) is 7.66. The van der Waals surface area contributed by atoms with Crippen LogP contribution in [0, 0.1) is 17.8 Å². The van der Waals surface area contributed by atoms with Gasteiger partial charge in [0.2, 0.25) is 11.9 Å². The highest BCUT2D eigenvalue weighted by molar-refractivity contribution is 5.89. The smallest absolute Gasteiger partial charge is 0.231 e. The highest BCUT2D eigenvalue weighted by Crippen LogP contribution is 2.45. The predicted molar refractivity (Wildman–Crippen MR) is 133 cm³/mol. The van der Waals surface area contributed by atoms with Gasteiger partial charge in [-0.1, -0.05) is 18.2 Å². The van der Waals surface area contributed by atoms with E-state index in [0.29, 0.717) is 24.0 Å². The summed E-state index contributed by atoms with van der Waals surface area (Å²) in [5.41, 5.74) is 8.29. The van der Waals surface area contributed by atoms with Crippen LogP contribution in [0.3, 0.4) is 0 Å². The maximum absolute atomic E-state index is 12.2. The molecule has 5 N–H and O–H groups in total. The van der Waals surface area contributed by atoms with Gasteiger partial charge in [-0.25, -0.2) is 0 Å². The normalized spacial score (nSPS) is 22.4. The van der Waals surface area contributed by atoms with Crippen LogP contribution in [-0.2, 0) is 11.4 Å². The van der Waals surface area contributed by atoms with Gasteiger partial charge in [0.1, 0.15) is 23.8 Å². The largest absolute Gasteiger partial charge is 0.489 e. The molecule has 2 bridgehead atoms. The van der Waals surface area contributed by atoms with E-state index in [4.69, 9.17) is 15.5 Å². The van der Waals surface area contributed by atoms with Crippen LogP contribution in [-0.4, -0.2) is 31.9 Å². The fourth-order valence-electron chi connectivity index (χ4n) is 5.11. The van der Waals surface area contributed by atoms with E-state index in [0.717, 1.165) is 28.8 Å². The predicted octanol–water partition coefficient (Wildman–Crippen LogP) is 3.76. The summed E-state index contributed by atoms with van der Waals surface area (Å²) in [6, 6.07) is 13.3. The van der Waals surface area contributed by atoms with Crippen molar-refractivity contribution >= 4 is 34.4 Å². The molecule has 6 rings (SSSR count). The first kappa shape index (κ1) is 21.2. The van der Waals surface area contributed by atoms with Crippen LogP contribution in [0.4, 0.5) is 17.5 Å². The number of anilines is 3. The van der Waals surface area contributed by atoms with Crippen molar-refractivity contribution in [3.05, 3.63) is 78.8 Å². The van der Waals surface area contributed by atoms with E-state index in [2.05, 4.69) is 37.7 Å². The number of nitrogens with one attached hydrogen (secondary N) is 3. The molecule has 0 saturated heterocycles. The van der Waals surface area contributed by atoms with E-state index in [1.807, 2.05) is 48.7 Å². The molecule has 4 aromatic rings. The zero-order valence-electron chi connectivity index (χ0n) is 18.9. The van der Waals surface area contributed by atoms with Crippen molar-refractivity contribution in [1.82, 2.24) is 19.9 Å². The fraction of sp³-hybridized carbons (Fsp3) is 0.231. The van der Waals surface area contributed by atoms with Crippen LogP contribution in [0.2, 0.25) is 0 Å². The SMILES string of the molecule is NC(=O)C1C2C=CC(C2)C1Nc1nc(Nc2cccc(OCc3ccncc3)c2)nc2[nH]ccc12. The lowest BCUT2D eigenvalue weighted by atomic mass is 9.88. The van der Waals surface area contributed by atoms with Crippen molar-refractivity contribution in [2.75, 3.05) is 10.6 Å². The molecule has 1 saturated carbocycles. The number of H-pyrrole nitrogens is 1. The van der Waals surface area contributed by atoms with Crippen molar-refractivity contribution in [3.8, 4) is 5.75 Å². The van der Waals surface area contributed by atoms with Crippen molar-refractivity contribution in [3.63, 3.8) is 0 Å². The Bertz CT molecular complexity index is 1400. The topological polar surface area (TPSA) is 131 Å². The number of carbonyl (C=O) groups excluding carboxylic acids is 1. The standard InChI is InChI=1S/C26H25N7O2/c27-23(34)21-16-4-5-17(12-16)22(21)31-25-20-8-11-29-24(20)32-26(33-25)30-18-2-1-3-19(13-18)35-14-15-6-9-28-10-7-15/h1-11,13,16-17,21-22H,12,14H2,(H2,27,34)(H3,29,30,31,32,33). The quantitative estimate of drug-likeness (QED) is 0.290. The van der Waals surface area contributed by atoms with Crippen molar-refractivity contribution in [2.24, 2.45) is 23.5 Å². The molecule has 4 atom stereocenters. The van der Waals surface area contributed by atoms with Crippen LogP contribution in [0.5, 0.6) is 5.75 Å². The number of nitrogens with two attached hydrogens (primary N) is 1. The number of benzene rings is 1.